The van der Waals surface area contributed by atoms with Crippen molar-refractivity contribution in [3.63, 3.8) is 0 Å². The van der Waals surface area contributed by atoms with E-state index in [1.807, 2.05) is 0 Å². The summed E-state index contributed by atoms with van der Waals surface area (Å²) in [4.78, 5) is 26.9. The van der Waals surface area contributed by atoms with Gasteiger partial charge in [-0.2, -0.15) is 0 Å². The molecule has 3 rings (SSSR count). The average molecular weight is 245 g/mol. The Morgan fingerprint density at radius 3 is 2.83 bits per heavy atom. The topological polar surface area (TPSA) is 80.4 Å². The number of aliphatic carboxylic acids is 1. The third kappa shape index (κ3) is 1.68. The summed E-state index contributed by atoms with van der Waals surface area (Å²) in [5.41, 5.74) is 1.77. The summed E-state index contributed by atoms with van der Waals surface area (Å²) < 4.78 is 5.32. The number of nitrogens with zero attached hydrogens (tertiary/aromatic N) is 1. The number of carboxylic acids is 1. The highest BCUT2D eigenvalue weighted by Gasteiger charge is 2.48. The van der Waals surface area contributed by atoms with E-state index < -0.39 is 11.9 Å². The van der Waals surface area contributed by atoms with Crippen molar-refractivity contribution in [2.24, 2.45) is 11.8 Å². The van der Waals surface area contributed by atoms with Crippen molar-refractivity contribution < 1.29 is 19.1 Å². The van der Waals surface area contributed by atoms with E-state index in [-0.39, 0.29) is 11.7 Å². The Kier molecular flexibility index (Phi) is 2.23. The van der Waals surface area contributed by atoms with Gasteiger partial charge < -0.3 is 9.52 Å². The Balaban J connectivity index is 1.90. The number of aryl methyl sites for hydroxylation is 1. The Hall–Kier alpha value is -2.17. The zero-order valence-electron chi connectivity index (χ0n) is 9.71. The summed E-state index contributed by atoms with van der Waals surface area (Å²) in [6, 6.07) is 5.01. The number of ketones is 1. The van der Waals surface area contributed by atoms with Gasteiger partial charge >= 0.3 is 5.97 Å². The fourth-order valence-electron chi connectivity index (χ4n) is 2.17. The zero-order valence-corrected chi connectivity index (χ0v) is 9.71. The predicted octanol–water partition coefficient (Wildman–Crippen LogP) is 2.04. The number of fused-ring (bicyclic) bond motifs is 1. The molecule has 0 radical (unpaired) electrons. The number of Topliss-reactive ketones (excluding diaryl/α,β-unsaturated/α-hetero) is 1. The molecular formula is C13H11NO4. The first kappa shape index (κ1) is 11.0. The summed E-state index contributed by atoms with van der Waals surface area (Å²) in [5, 5.41) is 8.81. The van der Waals surface area contributed by atoms with Crippen molar-refractivity contribution in [1.82, 2.24) is 4.98 Å². The normalized spacial score (nSPS) is 22.1. The Labute approximate surface area is 102 Å². The van der Waals surface area contributed by atoms with Crippen LogP contribution in [0.5, 0.6) is 0 Å². The molecule has 0 spiro atoms. The molecule has 1 aliphatic rings. The van der Waals surface area contributed by atoms with Gasteiger partial charge in [-0.15, -0.1) is 0 Å². The van der Waals surface area contributed by atoms with Crippen molar-refractivity contribution in [3.05, 3.63) is 29.7 Å². The van der Waals surface area contributed by atoms with Gasteiger partial charge in [-0.3, -0.25) is 9.59 Å². The van der Waals surface area contributed by atoms with E-state index in [1.54, 1.807) is 25.1 Å². The molecule has 18 heavy (non-hydrogen) atoms. The first-order chi connectivity index (χ1) is 8.56. The lowest BCUT2D eigenvalue weighted by atomic mass is 10.1. The van der Waals surface area contributed by atoms with Crippen LogP contribution in [0.4, 0.5) is 0 Å². The quantitative estimate of drug-likeness (QED) is 0.837. The summed E-state index contributed by atoms with van der Waals surface area (Å²) in [6.07, 6.45) is 0.435. The third-order valence-electron chi connectivity index (χ3n) is 3.22. The van der Waals surface area contributed by atoms with Crippen LogP contribution in [0.2, 0.25) is 0 Å². The molecule has 1 fully saturated rings. The maximum Gasteiger partial charge on any atom is 0.307 e. The van der Waals surface area contributed by atoms with Crippen LogP contribution in [-0.2, 0) is 4.79 Å². The number of rotatable bonds is 3. The Morgan fingerprint density at radius 1 is 1.39 bits per heavy atom. The second-order valence-electron chi connectivity index (χ2n) is 4.57. The molecule has 0 amide bonds. The van der Waals surface area contributed by atoms with Crippen LogP contribution in [-0.4, -0.2) is 21.8 Å². The highest BCUT2D eigenvalue weighted by Crippen LogP contribution is 2.41. The lowest BCUT2D eigenvalue weighted by Crippen LogP contribution is -2.08. The van der Waals surface area contributed by atoms with Crippen molar-refractivity contribution in [2.45, 2.75) is 13.3 Å². The SMILES string of the molecule is Cc1nc2cc(C(=O)C3CC3C(=O)O)ccc2o1. The van der Waals surface area contributed by atoms with E-state index in [0.29, 0.717) is 29.0 Å². The average Bonchev–Trinajstić information content (AvgIpc) is 3.03. The molecule has 0 aliphatic heterocycles. The Bertz CT molecular complexity index is 658. The molecule has 5 nitrogen and oxygen atoms in total. The van der Waals surface area contributed by atoms with E-state index in [9.17, 15) is 9.59 Å². The van der Waals surface area contributed by atoms with Crippen LogP contribution >= 0.6 is 0 Å². The summed E-state index contributed by atoms with van der Waals surface area (Å²) in [5.74, 6) is -1.37. The van der Waals surface area contributed by atoms with Crippen LogP contribution in [0.15, 0.2) is 22.6 Å². The lowest BCUT2D eigenvalue weighted by Gasteiger charge is -1.98. The van der Waals surface area contributed by atoms with E-state index in [4.69, 9.17) is 9.52 Å². The van der Waals surface area contributed by atoms with Crippen molar-refractivity contribution in [3.8, 4) is 0 Å². The number of oxazole rings is 1. The van der Waals surface area contributed by atoms with E-state index >= 15 is 0 Å². The van der Waals surface area contributed by atoms with Crippen LogP contribution in [0.1, 0.15) is 22.7 Å². The molecule has 1 aliphatic carbocycles. The van der Waals surface area contributed by atoms with Crippen LogP contribution < -0.4 is 0 Å². The Morgan fingerprint density at radius 2 is 2.17 bits per heavy atom. The number of carbonyl (C=O) groups excluding carboxylic acids is 1. The molecule has 1 N–H and O–H groups in total. The predicted molar refractivity (Wildman–Crippen MR) is 62.3 cm³/mol. The first-order valence-electron chi connectivity index (χ1n) is 5.70. The minimum atomic E-state index is -0.897. The summed E-state index contributed by atoms with van der Waals surface area (Å²) in [7, 11) is 0. The van der Waals surface area contributed by atoms with Gasteiger partial charge in [0.05, 0.1) is 5.92 Å². The molecule has 0 bridgehead atoms. The van der Waals surface area contributed by atoms with Gasteiger partial charge in [-0.05, 0) is 24.6 Å². The maximum atomic E-state index is 12.1. The zero-order chi connectivity index (χ0) is 12.9. The minimum absolute atomic E-state index is 0.120. The molecule has 2 aromatic rings. The number of carboxylic acid groups (broad SMARTS) is 1. The molecule has 1 aromatic heterocycles. The molecule has 1 aromatic carbocycles. The van der Waals surface area contributed by atoms with Crippen molar-refractivity contribution in [2.75, 3.05) is 0 Å². The molecular weight excluding hydrogens is 234 g/mol. The number of aromatic nitrogens is 1. The van der Waals surface area contributed by atoms with Gasteiger partial charge in [0.15, 0.2) is 17.3 Å². The number of benzene rings is 1. The highest BCUT2D eigenvalue weighted by molar-refractivity contribution is 6.04. The third-order valence-corrected chi connectivity index (χ3v) is 3.22. The smallest absolute Gasteiger partial charge is 0.307 e. The van der Waals surface area contributed by atoms with Crippen LogP contribution in [0.3, 0.4) is 0 Å². The van der Waals surface area contributed by atoms with E-state index in [1.165, 1.54) is 0 Å². The molecule has 0 saturated heterocycles. The second kappa shape index (κ2) is 3.66. The highest BCUT2D eigenvalue weighted by atomic mass is 16.4. The van der Waals surface area contributed by atoms with Gasteiger partial charge in [0.1, 0.15) is 5.52 Å². The largest absolute Gasteiger partial charge is 0.481 e. The monoisotopic (exact) mass is 245 g/mol. The second-order valence-corrected chi connectivity index (χ2v) is 4.57. The van der Waals surface area contributed by atoms with Gasteiger partial charge in [-0.1, -0.05) is 0 Å². The molecule has 92 valence electrons. The first-order valence-corrected chi connectivity index (χ1v) is 5.70. The number of hydrogen-bond acceptors (Lipinski definition) is 4. The van der Waals surface area contributed by atoms with E-state index in [0.717, 1.165) is 0 Å². The van der Waals surface area contributed by atoms with Gasteiger partial charge in [0, 0.05) is 18.4 Å². The lowest BCUT2D eigenvalue weighted by molar-refractivity contribution is -0.138. The molecule has 1 heterocycles. The molecule has 1 saturated carbocycles. The number of hydrogen-bond donors (Lipinski definition) is 1. The van der Waals surface area contributed by atoms with Crippen molar-refractivity contribution in [1.29, 1.82) is 0 Å². The summed E-state index contributed by atoms with van der Waals surface area (Å²) >= 11 is 0. The van der Waals surface area contributed by atoms with Crippen LogP contribution in [0.25, 0.3) is 11.1 Å². The van der Waals surface area contributed by atoms with Gasteiger partial charge in [0.2, 0.25) is 0 Å². The fourth-order valence-corrected chi connectivity index (χ4v) is 2.17. The van der Waals surface area contributed by atoms with E-state index in [2.05, 4.69) is 4.98 Å². The standard InChI is InChI=1S/C13H11NO4/c1-6-14-10-4-7(2-3-11(10)18-6)12(15)8-5-9(8)13(16)17/h2-4,8-9H,5H2,1H3,(H,16,17). The minimum Gasteiger partial charge on any atom is -0.481 e. The molecule has 5 heteroatoms. The fraction of sp³-hybridized carbons (Fsp3) is 0.308. The van der Waals surface area contributed by atoms with Crippen molar-refractivity contribution >= 4 is 22.9 Å². The molecule has 2 atom stereocenters. The molecule has 2 unspecified atom stereocenters. The van der Waals surface area contributed by atoms with Gasteiger partial charge in [-0.25, -0.2) is 4.98 Å². The summed E-state index contributed by atoms with van der Waals surface area (Å²) in [6.45, 7) is 1.74. The van der Waals surface area contributed by atoms with Gasteiger partial charge in [0.25, 0.3) is 0 Å². The maximum absolute atomic E-state index is 12.1. The number of carbonyl (C=O) groups is 2. The van der Waals surface area contributed by atoms with Crippen LogP contribution in [0, 0.1) is 18.8 Å².